The van der Waals surface area contributed by atoms with Crippen molar-refractivity contribution in [2.75, 3.05) is 40.4 Å². The van der Waals surface area contributed by atoms with Crippen LogP contribution in [0.5, 0.6) is 0 Å². The van der Waals surface area contributed by atoms with Gasteiger partial charge in [0.05, 0.1) is 10.0 Å². The summed E-state index contributed by atoms with van der Waals surface area (Å²) in [5.74, 6) is 0.485. The zero-order chi connectivity index (χ0) is 17.1. The van der Waals surface area contributed by atoms with E-state index in [-0.39, 0.29) is 29.9 Å². The Balaban J connectivity index is 0.00000529. The molecule has 0 heterocycles. The van der Waals surface area contributed by atoms with Gasteiger partial charge in [-0.1, -0.05) is 23.2 Å². The highest BCUT2D eigenvalue weighted by Crippen LogP contribution is 2.22. The largest absolute Gasteiger partial charge is 0.385 e. The maximum atomic E-state index is 12.0. The second-order valence-electron chi connectivity index (χ2n) is 4.66. The molecule has 1 aromatic carbocycles. The number of hydrogen-bond donors (Lipinski definition) is 3. The van der Waals surface area contributed by atoms with Crippen LogP contribution >= 0.6 is 47.2 Å². The molecule has 0 aliphatic rings. The minimum absolute atomic E-state index is 0. The first-order valence-electron chi connectivity index (χ1n) is 7.25. The predicted octanol–water partition coefficient (Wildman–Crippen LogP) is 2.54. The van der Waals surface area contributed by atoms with Crippen molar-refractivity contribution in [1.29, 1.82) is 0 Å². The molecule has 9 heteroatoms. The first kappa shape index (κ1) is 23.2. The van der Waals surface area contributed by atoms with E-state index in [0.717, 1.165) is 13.0 Å². The number of rotatable bonds is 8. The summed E-state index contributed by atoms with van der Waals surface area (Å²) in [5, 5.41) is 9.84. The molecule has 0 saturated heterocycles. The molecule has 0 radical (unpaired) electrons. The number of aliphatic imine (C=N–C) groups is 1. The van der Waals surface area contributed by atoms with Gasteiger partial charge in [-0.15, -0.1) is 24.0 Å². The number of guanidine groups is 1. The van der Waals surface area contributed by atoms with Crippen LogP contribution in [-0.4, -0.2) is 52.3 Å². The molecule has 1 rings (SSSR count). The first-order chi connectivity index (χ1) is 11.1. The molecule has 24 heavy (non-hydrogen) atoms. The zero-order valence-electron chi connectivity index (χ0n) is 13.7. The standard InChI is InChI=1S/C15H22Cl2N4O2.HI/c1-18-15(20-6-3-9-23-2)21-8-7-19-14(22)11-4-5-12(16)13(17)10-11;/h4-5,10H,3,6-9H2,1-2H3,(H,19,22)(H2,18,20,21);1H. The van der Waals surface area contributed by atoms with Gasteiger partial charge in [0.25, 0.3) is 5.91 Å². The molecular formula is C15H23Cl2IN4O2. The third kappa shape index (κ3) is 8.91. The Labute approximate surface area is 169 Å². The number of carbonyl (C=O) groups excluding carboxylic acids is 1. The van der Waals surface area contributed by atoms with Gasteiger partial charge in [-0.2, -0.15) is 0 Å². The molecule has 0 fully saturated rings. The molecule has 0 spiro atoms. The minimum atomic E-state index is -0.201. The first-order valence-corrected chi connectivity index (χ1v) is 8.00. The predicted molar refractivity (Wildman–Crippen MR) is 110 cm³/mol. The number of amides is 1. The van der Waals surface area contributed by atoms with Gasteiger partial charge in [0.1, 0.15) is 0 Å². The highest BCUT2D eigenvalue weighted by atomic mass is 127. The molecule has 0 unspecified atom stereocenters. The van der Waals surface area contributed by atoms with E-state index in [4.69, 9.17) is 27.9 Å². The van der Waals surface area contributed by atoms with Crippen molar-refractivity contribution in [3.05, 3.63) is 33.8 Å². The van der Waals surface area contributed by atoms with Crippen molar-refractivity contribution in [2.45, 2.75) is 6.42 Å². The third-order valence-corrected chi connectivity index (χ3v) is 3.67. The molecule has 0 atom stereocenters. The summed E-state index contributed by atoms with van der Waals surface area (Å²) in [7, 11) is 3.36. The lowest BCUT2D eigenvalue weighted by atomic mass is 10.2. The smallest absolute Gasteiger partial charge is 0.251 e. The van der Waals surface area contributed by atoms with Gasteiger partial charge in [-0.05, 0) is 24.6 Å². The van der Waals surface area contributed by atoms with Crippen molar-refractivity contribution >= 4 is 59.0 Å². The van der Waals surface area contributed by atoms with Gasteiger partial charge in [0, 0.05) is 46.0 Å². The van der Waals surface area contributed by atoms with Gasteiger partial charge in [0.15, 0.2) is 5.96 Å². The zero-order valence-corrected chi connectivity index (χ0v) is 17.5. The van der Waals surface area contributed by atoms with E-state index < -0.39 is 0 Å². The number of carbonyl (C=O) groups is 1. The van der Waals surface area contributed by atoms with Crippen LogP contribution in [-0.2, 0) is 4.74 Å². The van der Waals surface area contributed by atoms with Gasteiger partial charge in [-0.3, -0.25) is 9.79 Å². The number of nitrogens with zero attached hydrogens (tertiary/aromatic N) is 1. The van der Waals surface area contributed by atoms with Gasteiger partial charge in [-0.25, -0.2) is 0 Å². The summed E-state index contributed by atoms with van der Waals surface area (Å²) in [6.45, 7) is 2.47. The highest BCUT2D eigenvalue weighted by Gasteiger charge is 2.07. The number of methoxy groups -OCH3 is 1. The second kappa shape index (κ2) is 13.5. The van der Waals surface area contributed by atoms with Crippen molar-refractivity contribution < 1.29 is 9.53 Å². The van der Waals surface area contributed by atoms with Crippen molar-refractivity contribution in [1.82, 2.24) is 16.0 Å². The molecule has 1 amide bonds. The molecule has 0 bridgehead atoms. The number of hydrogen-bond acceptors (Lipinski definition) is 3. The Morgan fingerprint density at radius 3 is 2.42 bits per heavy atom. The fourth-order valence-electron chi connectivity index (χ4n) is 1.74. The number of benzene rings is 1. The lowest BCUT2D eigenvalue weighted by molar-refractivity contribution is 0.0954. The maximum Gasteiger partial charge on any atom is 0.251 e. The van der Waals surface area contributed by atoms with Crippen LogP contribution in [0.2, 0.25) is 10.0 Å². The fourth-order valence-corrected chi connectivity index (χ4v) is 2.04. The molecule has 0 saturated carbocycles. The van der Waals surface area contributed by atoms with Gasteiger partial charge in [0.2, 0.25) is 0 Å². The summed E-state index contributed by atoms with van der Waals surface area (Å²) < 4.78 is 4.97. The van der Waals surface area contributed by atoms with Crippen LogP contribution in [0.3, 0.4) is 0 Å². The van der Waals surface area contributed by atoms with E-state index in [2.05, 4.69) is 20.9 Å². The van der Waals surface area contributed by atoms with E-state index >= 15 is 0 Å². The second-order valence-corrected chi connectivity index (χ2v) is 5.47. The Morgan fingerprint density at radius 2 is 1.79 bits per heavy atom. The number of halogens is 3. The van der Waals surface area contributed by atoms with E-state index in [1.165, 1.54) is 0 Å². The SMILES string of the molecule is CN=C(NCCCOC)NCCNC(=O)c1ccc(Cl)c(Cl)c1.I. The monoisotopic (exact) mass is 488 g/mol. The van der Waals surface area contributed by atoms with E-state index in [0.29, 0.717) is 41.3 Å². The van der Waals surface area contributed by atoms with Crippen LogP contribution in [0, 0.1) is 0 Å². The molecule has 0 aromatic heterocycles. The molecule has 0 aliphatic carbocycles. The van der Waals surface area contributed by atoms with Crippen molar-refractivity contribution in [3.63, 3.8) is 0 Å². The Hall–Kier alpha value is -0.770. The van der Waals surface area contributed by atoms with Crippen LogP contribution in [0.25, 0.3) is 0 Å². The van der Waals surface area contributed by atoms with Gasteiger partial charge < -0.3 is 20.7 Å². The summed E-state index contributed by atoms with van der Waals surface area (Å²) >= 11 is 11.7. The Morgan fingerprint density at radius 1 is 1.12 bits per heavy atom. The lowest BCUT2D eigenvalue weighted by Crippen LogP contribution is -2.42. The number of ether oxygens (including phenoxy) is 1. The Kier molecular flexibility index (Phi) is 13.1. The summed E-state index contributed by atoms with van der Waals surface area (Å²) in [6, 6.07) is 4.78. The molecule has 6 nitrogen and oxygen atoms in total. The summed E-state index contributed by atoms with van der Waals surface area (Å²) in [5.41, 5.74) is 0.474. The average molecular weight is 489 g/mol. The summed E-state index contributed by atoms with van der Waals surface area (Å²) in [4.78, 5) is 16.1. The molecule has 136 valence electrons. The lowest BCUT2D eigenvalue weighted by Gasteiger charge is -2.12. The highest BCUT2D eigenvalue weighted by molar-refractivity contribution is 14.0. The van der Waals surface area contributed by atoms with Gasteiger partial charge >= 0.3 is 0 Å². The minimum Gasteiger partial charge on any atom is -0.385 e. The molecule has 1 aromatic rings. The van der Waals surface area contributed by atoms with E-state index in [9.17, 15) is 4.79 Å². The molecular weight excluding hydrogens is 466 g/mol. The maximum absolute atomic E-state index is 12.0. The van der Waals surface area contributed by atoms with E-state index in [1.807, 2.05) is 0 Å². The number of nitrogens with one attached hydrogen (secondary N) is 3. The normalized spacial score (nSPS) is 10.8. The molecule has 3 N–H and O–H groups in total. The van der Waals surface area contributed by atoms with Crippen LogP contribution in [0.4, 0.5) is 0 Å². The van der Waals surface area contributed by atoms with Crippen LogP contribution < -0.4 is 16.0 Å². The topological polar surface area (TPSA) is 74.8 Å². The van der Waals surface area contributed by atoms with Crippen molar-refractivity contribution in [2.24, 2.45) is 4.99 Å². The average Bonchev–Trinajstić information content (AvgIpc) is 2.55. The third-order valence-electron chi connectivity index (χ3n) is 2.93. The fraction of sp³-hybridized carbons (Fsp3) is 0.467. The van der Waals surface area contributed by atoms with E-state index in [1.54, 1.807) is 32.4 Å². The molecule has 0 aliphatic heterocycles. The quantitative estimate of drug-likeness (QED) is 0.227. The van der Waals surface area contributed by atoms with Crippen molar-refractivity contribution in [3.8, 4) is 0 Å². The van der Waals surface area contributed by atoms with Crippen LogP contribution in [0.1, 0.15) is 16.8 Å². The van der Waals surface area contributed by atoms with Crippen LogP contribution in [0.15, 0.2) is 23.2 Å². The Bertz CT molecular complexity index is 544. The summed E-state index contributed by atoms with van der Waals surface area (Å²) in [6.07, 6.45) is 0.894.